The summed E-state index contributed by atoms with van der Waals surface area (Å²) in [4.78, 5) is 0. The third-order valence-corrected chi connectivity index (χ3v) is 2.83. The van der Waals surface area contributed by atoms with Gasteiger partial charge >= 0.3 is 0 Å². The van der Waals surface area contributed by atoms with Gasteiger partial charge < -0.3 is 5.32 Å². The van der Waals surface area contributed by atoms with Crippen molar-refractivity contribution >= 4 is 11.4 Å². The molecule has 2 nitrogen and oxygen atoms in total. The van der Waals surface area contributed by atoms with Crippen molar-refractivity contribution in [1.29, 1.82) is 5.26 Å². The summed E-state index contributed by atoms with van der Waals surface area (Å²) in [6.07, 6.45) is 0. The molecule has 2 aromatic rings. The highest BCUT2D eigenvalue weighted by molar-refractivity contribution is 5.64. The molecule has 0 saturated heterocycles. The van der Waals surface area contributed by atoms with E-state index in [1.165, 1.54) is 0 Å². The molecule has 0 unspecified atom stereocenters. The van der Waals surface area contributed by atoms with Crippen LogP contribution < -0.4 is 5.32 Å². The van der Waals surface area contributed by atoms with Gasteiger partial charge in [0.15, 0.2) is 46.5 Å². The number of rotatable bonds is 2. The first kappa shape index (κ1) is 17.5. The molecule has 0 fully saturated rings. The Balaban J connectivity index is 2.74. The summed E-state index contributed by atoms with van der Waals surface area (Å²) in [7, 11) is 0. The summed E-state index contributed by atoms with van der Waals surface area (Å²) in [5.74, 6) is -21.5. The molecule has 0 amide bonds. The van der Waals surface area contributed by atoms with Gasteiger partial charge in [0.25, 0.3) is 0 Å². The molecule has 0 saturated carbocycles. The van der Waals surface area contributed by atoms with Crippen molar-refractivity contribution in [3.63, 3.8) is 0 Å². The fraction of sp³-hybridized carbons (Fsp3) is 0. The molecule has 0 bridgehead atoms. The van der Waals surface area contributed by atoms with Gasteiger partial charge in [0.1, 0.15) is 23.0 Å². The summed E-state index contributed by atoms with van der Waals surface area (Å²) < 4.78 is 120. The van der Waals surface area contributed by atoms with E-state index in [4.69, 9.17) is 5.26 Å². The molecule has 0 aliphatic carbocycles. The van der Waals surface area contributed by atoms with Crippen molar-refractivity contribution in [3.8, 4) is 6.07 Å². The van der Waals surface area contributed by atoms with E-state index in [-0.39, 0.29) is 0 Å². The number of halogens is 9. The quantitative estimate of drug-likeness (QED) is 0.487. The topological polar surface area (TPSA) is 35.8 Å². The lowest BCUT2D eigenvalue weighted by Gasteiger charge is -2.13. The highest BCUT2D eigenvalue weighted by Crippen LogP contribution is 2.34. The minimum Gasteiger partial charge on any atom is -0.346 e. The molecular weight excluding hydrogens is 355 g/mol. The molecule has 0 aliphatic heterocycles. The van der Waals surface area contributed by atoms with Crippen LogP contribution in [0.3, 0.4) is 0 Å². The molecule has 2 aromatic carbocycles. The SMILES string of the molecule is N#Cc1c(F)c(F)c(Nc2c(F)c(F)c(F)c(F)c2F)c(F)c1F. The van der Waals surface area contributed by atoms with E-state index in [1.807, 2.05) is 0 Å². The highest BCUT2D eigenvalue weighted by Gasteiger charge is 2.30. The number of hydrogen-bond donors (Lipinski definition) is 1. The highest BCUT2D eigenvalue weighted by atomic mass is 19.2. The standard InChI is InChI=1S/C13HF9N2/c14-3-2(1-23)4(15)9(20)12(8(3)19)24-13-10(21)6(17)5(16)7(18)11(13)22/h24H. The van der Waals surface area contributed by atoms with Crippen LogP contribution in [0.4, 0.5) is 50.9 Å². The van der Waals surface area contributed by atoms with Gasteiger partial charge in [-0.2, -0.15) is 5.26 Å². The minimum absolute atomic E-state index is 0.809. The molecule has 0 spiro atoms. The third kappa shape index (κ3) is 2.40. The molecule has 1 N–H and O–H groups in total. The molecule has 0 aliphatic rings. The van der Waals surface area contributed by atoms with Gasteiger partial charge in [0.05, 0.1) is 0 Å². The maximum absolute atomic E-state index is 13.6. The van der Waals surface area contributed by atoms with Gasteiger partial charge in [0, 0.05) is 0 Å². The first-order valence-corrected chi connectivity index (χ1v) is 5.67. The number of anilines is 2. The Morgan fingerprint density at radius 3 is 1.12 bits per heavy atom. The van der Waals surface area contributed by atoms with Crippen LogP contribution in [0.5, 0.6) is 0 Å². The Kier molecular flexibility index (Phi) is 4.33. The zero-order chi connectivity index (χ0) is 18.3. The summed E-state index contributed by atoms with van der Waals surface area (Å²) in [6.45, 7) is 0. The van der Waals surface area contributed by atoms with Gasteiger partial charge in [0.2, 0.25) is 5.82 Å². The second-order valence-electron chi connectivity index (χ2n) is 4.19. The first-order valence-electron chi connectivity index (χ1n) is 5.67. The van der Waals surface area contributed by atoms with Gasteiger partial charge in [-0.1, -0.05) is 0 Å². The molecule has 0 heterocycles. The average molecular weight is 356 g/mol. The smallest absolute Gasteiger partial charge is 0.200 e. The van der Waals surface area contributed by atoms with E-state index in [0.29, 0.717) is 0 Å². The number of nitriles is 1. The zero-order valence-electron chi connectivity index (χ0n) is 10.8. The molecule has 24 heavy (non-hydrogen) atoms. The summed E-state index contributed by atoms with van der Waals surface area (Å²) in [5, 5.41) is 9.46. The lowest BCUT2D eigenvalue weighted by Crippen LogP contribution is -2.11. The van der Waals surface area contributed by atoms with Crippen molar-refractivity contribution in [1.82, 2.24) is 0 Å². The summed E-state index contributed by atoms with van der Waals surface area (Å²) in [5.41, 5.74) is -5.49. The lowest BCUT2D eigenvalue weighted by atomic mass is 10.1. The molecule has 0 radical (unpaired) electrons. The number of nitrogens with one attached hydrogen (secondary N) is 1. The Bertz CT molecular complexity index is 844. The molecule has 126 valence electrons. The Hall–Kier alpha value is -2.90. The van der Waals surface area contributed by atoms with Crippen LogP contribution in [0.15, 0.2) is 0 Å². The van der Waals surface area contributed by atoms with E-state index >= 15 is 0 Å². The van der Waals surface area contributed by atoms with Crippen molar-refractivity contribution in [2.75, 3.05) is 5.32 Å². The van der Waals surface area contributed by atoms with Crippen LogP contribution in [0.1, 0.15) is 5.56 Å². The predicted octanol–water partition coefficient (Wildman–Crippen LogP) is 4.55. The third-order valence-electron chi connectivity index (χ3n) is 2.83. The Morgan fingerprint density at radius 2 is 0.792 bits per heavy atom. The van der Waals surface area contributed by atoms with Gasteiger partial charge in [-0.25, -0.2) is 39.5 Å². The first-order chi connectivity index (χ1) is 11.1. The summed E-state index contributed by atoms with van der Waals surface area (Å²) in [6, 6.07) is 0.809. The van der Waals surface area contributed by atoms with E-state index in [1.54, 1.807) is 0 Å². The van der Waals surface area contributed by atoms with Gasteiger partial charge in [-0.3, -0.25) is 0 Å². The lowest BCUT2D eigenvalue weighted by molar-refractivity contribution is 0.381. The van der Waals surface area contributed by atoms with Crippen LogP contribution in [0, 0.1) is 63.7 Å². The second kappa shape index (κ2) is 5.95. The maximum Gasteiger partial charge on any atom is 0.200 e. The normalized spacial score (nSPS) is 10.7. The fourth-order valence-corrected chi connectivity index (χ4v) is 1.68. The van der Waals surface area contributed by atoms with Crippen LogP contribution in [0.2, 0.25) is 0 Å². The number of benzene rings is 2. The van der Waals surface area contributed by atoms with Crippen LogP contribution in [-0.4, -0.2) is 0 Å². The summed E-state index contributed by atoms with van der Waals surface area (Å²) >= 11 is 0. The van der Waals surface area contributed by atoms with Gasteiger partial charge in [-0.05, 0) is 0 Å². The molecule has 11 heteroatoms. The number of nitrogens with zero attached hydrogens (tertiary/aromatic N) is 1. The van der Waals surface area contributed by atoms with E-state index < -0.39 is 69.3 Å². The van der Waals surface area contributed by atoms with E-state index in [9.17, 15) is 39.5 Å². The Morgan fingerprint density at radius 1 is 0.500 bits per heavy atom. The fourth-order valence-electron chi connectivity index (χ4n) is 1.68. The molecule has 2 rings (SSSR count). The van der Waals surface area contributed by atoms with Crippen molar-refractivity contribution in [2.24, 2.45) is 0 Å². The van der Waals surface area contributed by atoms with E-state index in [0.717, 1.165) is 11.4 Å². The maximum atomic E-state index is 13.6. The van der Waals surface area contributed by atoms with Gasteiger partial charge in [-0.15, -0.1) is 0 Å². The number of hydrogen-bond acceptors (Lipinski definition) is 2. The Labute approximate surface area is 126 Å². The van der Waals surface area contributed by atoms with Crippen molar-refractivity contribution < 1.29 is 39.5 Å². The zero-order valence-corrected chi connectivity index (χ0v) is 10.8. The average Bonchev–Trinajstić information content (AvgIpc) is 2.56. The largest absolute Gasteiger partial charge is 0.346 e. The monoisotopic (exact) mass is 356 g/mol. The van der Waals surface area contributed by atoms with Crippen molar-refractivity contribution in [3.05, 3.63) is 57.9 Å². The molecule has 0 atom stereocenters. The van der Waals surface area contributed by atoms with Crippen LogP contribution in [0.25, 0.3) is 0 Å². The molecule has 0 aromatic heterocycles. The minimum atomic E-state index is -2.55. The van der Waals surface area contributed by atoms with Crippen LogP contribution in [-0.2, 0) is 0 Å². The molecular formula is C13HF9N2. The van der Waals surface area contributed by atoms with E-state index in [2.05, 4.69) is 0 Å². The predicted molar refractivity (Wildman–Crippen MR) is 60.5 cm³/mol. The second-order valence-corrected chi connectivity index (χ2v) is 4.19. The van der Waals surface area contributed by atoms with Crippen LogP contribution >= 0.6 is 0 Å². The van der Waals surface area contributed by atoms with Crippen molar-refractivity contribution in [2.45, 2.75) is 0 Å².